The molecule has 0 bridgehead atoms. The SMILES string of the molecule is COc1ccc(C2=CSC3=NC[C@H](Cc4ccc(O)cc4)N23)cc1. The topological polar surface area (TPSA) is 45.1 Å². The third-order valence-corrected chi connectivity index (χ3v) is 5.22. The molecule has 2 heterocycles. The Kier molecular flexibility index (Phi) is 3.94. The van der Waals surface area contributed by atoms with Gasteiger partial charge in [0.2, 0.25) is 0 Å². The highest BCUT2D eigenvalue weighted by atomic mass is 32.2. The second-order valence-electron chi connectivity index (χ2n) is 5.87. The second-order valence-corrected chi connectivity index (χ2v) is 6.70. The molecule has 0 fully saturated rings. The van der Waals surface area contributed by atoms with Crippen LogP contribution >= 0.6 is 11.8 Å². The zero-order valence-electron chi connectivity index (χ0n) is 13.3. The number of amidine groups is 1. The first-order valence-corrected chi connectivity index (χ1v) is 8.75. The van der Waals surface area contributed by atoms with E-state index >= 15 is 0 Å². The highest BCUT2D eigenvalue weighted by Crippen LogP contribution is 2.39. The summed E-state index contributed by atoms with van der Waals surface area (Å²) in [6.45, 7) is 0.802. The first-order valence-electron chi connectivity index (χ1n) is 7.87. The number of aliphatic imine (C=N–C) groups is 1. The molecule has 0 radical (unpaired) electrons. The molecule has 0 unspecified atom stereocenters. The molecular weight excluding hydrogens is 320 g/mol. The zero-order chi connectivity index (χ0) is 16.5. The van der Waals surface area contributed by atoms with Crippen LogP contribution in [0, 0.1) is 0 Å². The number of rotatable bonds is 4. The van der Waals surface area contributed by atoms with Gasteiger partial charge in [0.05, 0.1) is 25.4 Å². The van der Waals surface area contributed by atoms with E-state index in [1.54, 1.807) is 31.0 Å². The number of phenols is 1. The Morgan fingerprint density at radius 1 is 1.17 bits per heavy atom. The van der Waals surface area contributed by atoms with E-state index in [4.69, 9.17) is 4.74 Å². The van der Waals surface area contributed by atoms with Gasteiger partial charge in [0.1, 0.15) is 11.5 Å². The number of phenolic OH excluding ortho intramolecular Hbond substituents is 1. The minimum atomic E-state index is 0.303. The summed E-state index contributed by atoms with van der Waals surface area (Å²) in [4.78, 5) is 7.01. The van der Waals surface area contributed by atoms with Gasteiger partial charge >= 0.3 is 0 Å². The Morgan fingerprint density at radius 2 is 1.92 bits per heavy atom. The molecule has 0 aliphatic carbocycles. The first kappa shape index (κ1) is 15.1. The molecule has 2 aromatic rings. The van der Waals surface area contributed by atoms with Crippen molar-refractivity contribution >= 4 is 22.6 Å². The standard InChI is InChI=1S/C19H18N2O2S/c1-23-17-8-4-14(5-9-17)18-12-24-19-20-11-15(21(18)19)10-13-2-6-16(22)7-3-13/h2-9,12,15,22H,10-11H2,1H3/t15-/m0/s1. The quantitative estimate of drug-likeness (QED) is 0.923. The molecule has 4 rings (SSSR count). The van der Waals surface area contributed by atoms with Crippen molar-refractivity contribution < 1.29 is 9.84 Å². The summed E-state index contributed by atoms with van der Waals surface area (Å²) < 4.78 is 5.25. The molecule has 1 atom stereocenters. The Morgan fingerprint density at radius 3 is 2.62 bits per heavy atom. The summed E-state index contributed by atoms with van der Waals surface area (Å²) in [7, 11) is 1.68. The number of methoxy groups -OCH3 is 1. The van der Waals surface area contributed by atoms with Crippen molar-refractivity contribution in [3.05, 3.63) is 65.1 Å². The normalized spacial score (nSPS) is 19.0. The van der Waals surface area contributed by atoms with Gasteiger partial charge in [-0.15, -0.1) is 0 Å². The Bertz CT molecular complexity index is 797. The zero-order valence-corrected chi connectivity index (χ0v) is 14.2. The van der Waals surface area contributed by atoms with E-state index in [0.29, 0.717) is 11.8 Å². The fourth-order valence-electron chi connectivity index (χ4n) is 3.09. The summed E-state index contributed by atoms with van der Waals surface area (Å²) in [6.07, 6.45) is 0.904. The van der Waals surface area contributed by atoms with Crippen LogP contribution in [0.15, 0.2) is 58.9 Å². The molecule has 5 heteroatoms. The van der Waals surface area contributed by atoms with Gasteiger partial charge in [-0.2, -0.15) is 0 Å². The number of ether oxygens (including phenoxy) is 1. The van der Waals surface area contributed by atoms with Crippen molar-refractivity contribution in [2.75, 3.05) is 13.7 Å². The lowest BCUT2D eigenvalue weighted by Gasteiger charge is -2.26. The maximum Gasteiger partial charge on any atom is 0.168 e. The Balaban J connectivity index is 1.56. The van der Waals surface area contributed by atoms with Crippen molar-refractivity contribution in [1.29, 1.82) is 0 Å². The minimum absolute atomic E-state index is 0.303. The van der Waals surface area contributed by atoms with Gasteiger partial charge in [0.25, 0.3) is 0 Å². The van der Waals surface area contributed by atoms with Gasteiger partial charge in [-0.3, -0.25) is 4.99 Å². The van der Waals surface area contributed by atoms with Crippen LogP contribution in [0.5, 0.6) is 11.5 Å². The number of thioether (sulfide) groups is 1. The van der Waals surface area contributed by atoms with Gasteiger partial charge in [0.15, 0.2) is 5.17 Å². The van der Waals surface area contributed by atoms with Gasteiger partial charge in [-0.25, -0.2) is 0 Å². The van der Waals surface area contributed by atoms with Crippen LogP contribution in [0.3, 0.4) is 0 Å². The molecule has 24 heavy (non-hydrogen) atoms. The molecule has 2 aromatic carbocycles. The lowest BCUT2D eigenvalue weighted by molar-refractivity contribution is 0.414. The Hall–Kier alpha value is -2.40. The van der Waals surface area contributed by atoms with Crippen molar-refractivity contribution in [3.63, 3.8) is 0 Å². The number of benzene rings is 2. The van der Waals surface area contributed by atoms with E-state index in [1.165, 1.54) is 16.8 Å². The largest absolute Gasteiger partial charge is 0.508 e. The van der Waals surface area contributed by atoms with Crippen LogP contribution in [0.2, 0.25) is 0 Å². The summed E-state index contributed by atoms with van der Waals surface area (Å²) >= 11 is 1.69. The number of aromatic hydroxyl groups is 1. The summed E-state index contributed by atoms with van der Waals surface area (Å²) in [5, 5.41) is 12.7. The van der Waals surface area contributed by atoms with Gasteiger partial charge in [-0.1, -0.05) is 23.9 Å². The average molecular weight is 338 g/mol. The van der Waals surface area contributed by atoms with E-state index in [0.717, 1.165) is 23.9 Å². The van der Waals surface area contributed by atoms with E-state index in [2.05, 4.69) is 27.4 Å². The predicted molar refractivity (Wildman–Crippen MR) is 98.3 cm³/mol. The molecule has 0 saturated carbocycles. The average Bonchev–Trinajstić information content (AvgIpc) is 3.20. The second kappa shape index (κ2) is 6.24. The lowest BCUT2D eigenvalue weighted by atomic mass is 10.0. The van der Waals surface area contributed by atoms with Crippen LogP contribution in [0.4, 0.5) is 0 Å². The van der Waals surface area contributed by atoms with E-state index in [1.807, 2.05) is 24.3 Å². The summed E-state index contributed by atoms with van der Waals surface area (Å²) in [6, 6.07) is 15.9. The maximum absolute atomic E-state index is 9.45. The first-order chi connectivity index (χ1) is 11.7. The number of nitrogens with zero attached hydrogens (tertiary/aromatic N) is 2. The van der Waals surface area contributed by atoms with Gasteiger partial charge in [-0.05, 0) is 53.9 Å². The molecule has 1 N–H and O–H groups in total. The Labute approximate surface area is 145 Å². The molecule has 0 saturated heterocycles. The fraction of sp³-hybridized carbons (Fsp3) is 0.211. The summed E-state index contributed by atoms with van der Waals surface area (Å²) in [5.41, 5.74) is 3.58. The lowest BCUT2D eigenvalue weighted by Crippen LogP contribution is -2.33. The molecule has 122 valence electrons. The highest BCUT2D eigenvalue weighted by Gasteiger charge is 2.34. The van der Waals surface area contributed by atoms with Crippen molar-refractivity contribution in [1.82, 2.24) is 4.90 Å². The third kappa shape index (κ3) is 2.76. The third-order valence-electron chi connectivity index (χ3n) is 4.34. The van der Waals surface area contributed by atoms with Crippen LogP contribution in [-0.4, -0.2) is 34.9 Å². The molecule has 4 nitrogen and oxygen atoms in total. The van der Waals surface area contributed by atoms with Gasteiger partial charge < -0.3 is 14.7 Å². The molecular formula is C19H18N2O2S. The molecule has 2 aliphatic rings. The number of hydrogen-bond acceptors (Lipinski definition) is 5. The van der Waals surface area contributed by atoms with E-state index in [-0.39, 0.29) is 0 Å². The van der Waals surface area contributed by atoms with Crippen molar-refractivity contribution in [3.8, 4) is 11.5 Å². The molecule has 0 amide bonds. The number of fused-ring (bicyclic) bond motifs is 1. The number of hydrogen-bond donors (Lipinski definition) is 1. The summed E-state index contributed by atoms with van der Waals surface area (Å²) in [5.74, 6) is 1.17. The van der Waals surface area contributed by atoms with Crippen LogP contribution in [0.25, 0.3) is 5.70 Å². The fourth-order valence-corrected chi connectivity index (χ4v) is 4.06. The molecule has 2 aliphatic heterocycles. The minimum Gasteiger partial charge on any atom is -0.508 e. The van der Waals surface area contributed by atoms with Gasteiger partial charge in [0, 0.05) is 5.41 Å². The monoisotopic (exact) mass is 338 g/mol. The predicted octanol–water partition coefficient (Wildman–Crippen LogP) is 3.73. The van der Waals surface area contributed by atoms with E-state index < -0.39 is 0 Å². The van der Waals surface area contributed by atoms with E-state index in [9.17, 15) is 5.11 Å². The van der Waals surface area contributed by atoms with Crippen molar-refractivity contribution in [2.24, 2.45) is 4.99 Å². The van der Waals surface area contributed by atoms with Crippen LogP contribution in [-0.2, 0) is 6.42 Å². The molecule has 0 aromatic heterocycles. The van der Waals surface area contributed by atoms with Crippen molar-refractivity contribution in [2.45, 2.75) is 12.5 Å². The molecule has 0 spiro atoms. The van der Waals surface area contributed by atoms with Crippen LogP contribution < -0.4 is 4.74 Å². The van der Waals surface area contributed by atoms with Crippen LogP contribution in [0.1, 0.15) is 11.1 Å². The smallest absolute Gasteiger partial charge is 0.168 e. The maximum atomic E-state index is 9.45. The highest BCUT2D eigenvalue weighted by molar-refractivity contribution is 8.16.